The molecule has 7 heteroatoms. The van der Waals surface area contributed by atoms with E-state index in [1.54, 1.807) is 24.2 Å². The first-order valence-corrected chi connectivity index (χ1v) is 6.88. The van der Waals surface area contributed by atoms with Gasteiger partial charge in [0.2, 0.25) is 0 Å². The van der Waals surface area contributed by atoms with Crippen LogP contribution in [0.15, 0.2) is 29.0 Å². The summed E-state index contributed by atoms with van der Waals surface area (Å²) < 4.78 is 7.64. The number of hydrogen-bond donors (Lipinski definition) is 1. The van der Waals surface area contributed by atoms with E-state index in [2.05, 4.69) is 26.0 Å². The molecule has 2 aromatic heterocycles. The lowest BCUT2D eigenvalue weighted by molar-refractivity contribution is 0.182. The van der Waals surface area contributed by atoms with Crippen LogP contribution < -0.4 is 5.73 Å². The van der Waals surface area contributed by atoms with Crippen LogP contribution in [0.2, 0.25) is 5.02 Å². The highest BCUT2D eigenvalue weighted by atomic mass is 79.9. The minimum atomic E-state index is -0.442. The van der Waals surface area contributed by atoms with Crippen LogP contribution in [0.25, 0.3) is 0 Å². The first kappa shape index (κ1) is 14.5. The molecule has 0 saturated carbocycles. The maximum absolute atomic E-state index is 6.26. The summed E-state index contributed by atoms with van der Waals surface area (Å²) in [4.78, 5) is 4.29. The van der Waals surface area contributed by atoms with Gasteiger partial charge in [0, 0.05) is 17.8 Å². The number of rotatable bonds is 5. The Bertz CT molecular complexity index is 560. The van der Waals surface area contributed by atoms with Gasteiger partial charge in [-0.2, -0.15) is 5.10 Å². The summed E-state index contributed by atoms with van der Waals surface area (Å²) in [6.45, 7) is 1.14. The number of pyridine rings is 1. The summed E-state index contributed by atoms with van der Waals surface area (Å²) in [5, 5.41) is 4.74. The molecule has 0 bridgehead atoms. The van der Waals surface area contributed by atoms with Crippen molar-refractivity contribution < 1.29 is 4.74 Å². The number of hydrogen-bond acceptors (Lipinski definition) is 4. The Kier molecular flexibility index (Phi) is 4.93. The van der Waals surface area contributed by atoms with Crippen molar-refractivity contribution in [2.75, 3.05) is 13.7 Å². The Morgan fingerprint density at radius 1 is 1.58 bits per heavy atom. The Balaban J connectivity index is 2.35. The van der Waals surface area contributed by atoms with E-state index in [1.807, 2.05) is 12.1 Å². The third-order valence-electron chi connectivity index (χ3n) is 2.72. The first-order valence-electron chi connectivity index (χ1n) is 5.71. The SMILES string of the molecule is COCCn1ncc(Cl)c1C(N)c1ncccc1Br. The fourth-order valence-corrected chi connectivity index (χ4v) is 2.55. The smallest absolute Gasteiger partial charge is 0.0923 e. The Labute approximate surface area is 124 Å². The summed E-state index contributed by atoms with van der Waals surface area (Å²) >= 11 is 9.62. The molecule has 19 heavy (non-hydrogen) atoms. The van der Waals surface area contributed by atoms with Crippen LogP contribution in [-0.4, -0.2) is 28.5 Å². The molecule has 0 aliphatic heterocycles. The fourth-order valence-electron chi connectivity index (χ4n) is 1.79. The number of nitrogens with zero attached hydrogens (tertiary/aromatic N) is 3. The van der Waals surface area contributed by atoms with Gasteiger partial charge in [-0.3, -0.25) is 9.67 Å². The van der Waals surface area contributed by atoms with Crippen LogP contribution in [0.1, 0.15) is 17.4 Å². The van der Waals surface area contributed by atoms with Crippen LogP contribution in [0, 0.1) is 0 Å². The quantitative estimate of drug-likeness (QED) is 0.903. The number of halogens is 2. The van der Waals surface area contributed by atoms with E-state index < -0.39 is 6.04 Å². The van der Waals surface area contributed by atoms with Gasteiger partial charge in [0.25, 0.3) is 0 Å². The molecule has 1 unspecified atom stereocenters. The van der Waals surface area contributed by atoms with E-state index in [0.717, 1.165) is 15.9 Å². The molecule has 0 radical (unpaired) electrons. The van der Waals surface area contributed by atoms with E-state index in [1.165, 1.54) is 0 Å². The van der Waals surface area contributed by atoms with Crippen molar-refractivity contribution in [3.05, 3.63) is 45.4 Å². The molecule has 0 spiro atoms. The number of nitrogens with two attached hydrogens (primary N) is 1. The van der Waals surface area contributed by atoms with Crippen LogP contribution >= 0.6 is 27.5 Å². The van der Waals surface area contributed by atoms with Crippen molar-refractivity contribution in [2.45, 2.75) is 12.6 Å². The van der Waals surface area contributed by atoms with Crippen molar-refractivity contribution in [3.63, 3.8) is 0 Å². The molecule has 0 aliphatic rings. The summed E-state index contributed by atoms with van der Waals surface area (Å²) in [7, 11) is 1.64. The summed E-state index contributed by atoms with van der Waals surface area (Å²) in [6, 6.07) is 3.29. The van der Waals surface area contributed by atoms with Crippen molar-refractivity contribution >= 4 is 27.5 Å². The predicted octanol–water partition coefficient (Wildman–Crippen LogP) is 2.39. The first-order chi connectivity index (χ1) is 9.15. The average molecular weight is 346 g/mol. The molecule has 0 aliphatic carbocycles. The van der Waals surface area contributed by atoms with Crippen LogP contribution in [0.4, 0.5) is 0 Å². The Hall–Kier alpha value is -0.950. The third-order valence-corrected chi connectivity index (χ3v) is 3.68. The number of methoxy groups -OCH3 is 1. The fraction of sp³-hybridized carbons (Fsp3) is 0.333. The lowest BCUT2D eigenvalue weighted by atomic mass is 10.1. The van der Waals surface area contributed by atoms with Gasteiger partial charge in [-0.1, -0.05) is 11.6 Å². The van der Waals surface area contributed by atoms with E-state index in [0.29, 0.717) is 18.2 Å². The zero-order chi connectivity index (χ0) is 13.8. The molecule has 2 heterocycles. The lowest BCUT2D eigenvalue weighted by Crippen LogP contribution is -2.20. The standard InChI is InChI=1S/C12H14BrClN4O/c1-19-6-5-18-12(9(14)7-17-18)10(15)11-8(13)3-2-4-16-11/h2-4,7,10H,5-6,15H2,1H3. The number of aromatic nitrogens is 3. The van der Waals surface area contributed by atoms with Gasteiger partial charge in [0.15, 0.2) is 0 Å². The van der Waals surface area contributed by atoms with Gasteiger partial charge >= 0.3 is 0 Å². The summed E-state index contributed by atoms with van der Waals surface area (Å²) in [5.74, 6) is 0. The topological polar surface area (TPSA) is 66.0 Å². The van der Waals surface area contributed by atoms with E-state index >= 15 is 0 Å². The van der Waals surface area contributed by atoms with Gasteiger partial charge < -0.3 is 10.5 Å². The largest absolute Gasteiger partial charge is 0.383 e. The maximum atomic E-state index is 6.26. The molecule has 102 valence electrons. The second-order valence-electron chi connectivity index (χ2n) is 3.94. The zero-order valence-corrected chi connectivity index (χ0v) is 12.7. The zero-order valence-electron chi connectivity index (χ0n) is 10.4. The molecule has 1 atom stereocenters. The lowest BCUT2D eigenvalue weighted by Gasteiger charge is -2.15. The molecule has 2 rings (SSSR count). The molecule has 5 nitrogen and oxygen atoms in total. The van der Waals surface area contributed by atoms with Gasteiger partial charge in [-0.25, -0.2) is 0 Å². The monoisotopic (exact) mass is 344 g/mol. The van der Waals surface area contributed by atoms with E-state index in [9.17, 15) is 0 Å². The van der Waals surface area contributed by atoms with Gasteiger partial charge in [0.05, 0.1) is 41.8 Å². The van der Waals surface area contributed by atoms with Crippen LogP contribution in [0.5, 0.6) is 0 Å². The predicted molar refractivity (Wildman–Crippen MR) is 77.1 cm³/mol. The molecule has 2 aromatic rings. The normalized spacial score (nSPS) is 12.6. The van der Waals surface area contributed by atoms with Crippen molar-refractivity contribution in [1.82, 2.24) is 14.8 Å². The minimum Gasteiger partial charge on any atom is -0.383 e. The van der Waals surface area contributed by atoms with Crippen LogP contribution in [-0.2, 0) is 11.3 Å². The Morgan fingerprint density at radius 3 is 3.05 bits per heavy atom. The molecular formula is C12H14BrClN4O. The second-order valence-corrected chi connectivity index (χ2v) is 5.20. The van der Waals surface area contributed by atoms with Crippen molar-refractivity contribution in [2.24, 2.45) is 5.73 Å². The van der Waals surface area contributed by atoms with E-state index in [-0.39, 0.29) is 0 Å². The summed E-state index contributed by atoms with van der Waals surface area (Å²) in [5.41, 5.74) is 7.72. The molecule has 2 N–H and O–H groups in total. The molecular weight excluding hydrogens is 332 g/mol. The maximum Gasteiger partial charge on any atom is 0.0923 e. The van der Waals surface area contributed by atoms with Crippen molar-refractivity contribution in [1.29, 1.82) is 0 Å². The van der Waals surface area contributed by atoms with Gasteiger partial charge in [-0.15, -0.1) is 0 Å². The molecule has 0 fully saturated rings. The third kappa shape index (κ3) is 3.14. The van der Waals surface area contributed by atoms with Crippen molar-refractivity contribution in [3.8, 4) is 0 Å². The van der Waals surface area contributed by atoms with E-state index in [4.69, 9.17) is 22.1 Å². The summed E-state index contributed by atoms with van der Waals surface area (Å²) in [6.07, 6.45) is 3.28. The molecule has 0 aromatic carbocycles. The van der Waals surface area contributed by atoms with Gasteiger partial charge in [0.1, 0.15) is 0 Å². The minimum absolute atomic E-state index is 0.442. The number of ether oxygens (including phenoxy) is 1. The highest BCUT2D eigenvalue weighted by Crippen LogP contribution is 2.29. The highest BCUT2D eigenvalue weighted by Gasteiger charge is 2.21. The average Bonchev–Trinajstić information content (AvgIpc) is 2.77. The Morgan fingerprint density at radius 2 is 2.37 bits per heavy atom. The molecule has 0 amide bonds. The molecule has 0 saturated heterocycles. The van der Waals surface area contributed by atoms with Crippen LogP contribution in [0.3, 0.4) is 0 Å². The second kappa shape index (κ2) is 6.47. The highest BCUT2D eigenvalue weighted by molar-refractivity contribution is 9.10. The van der Waals surface area contributed by atoms with Gasteiger partial charge in [-0.05, 0) is 28.1 Å².